The summed E-state index contributed by atoms with van der Waals surface area (Å²) in [4.78, 5) is 16.1. The third-order valence-corrected chi connectivity index (χ3v) is 2.89. The number of hydrogen-bond donors (Lipinski definition) is 0. The Morgan fingerprint density at radius 1 is 1.37 bits per heavy atom. The molecule has 0 fully saturated rings. The average Bonchev–Trinajstić information content (AvgIpc) is 2.80. The highest BCUT2D eigenvalue weighted by Crippen LogP contribution is 2.27. The van der Waals surface area contributed by atoms with Crippen molar-refractivity contribution >= 4 is 29.4 Å². The molecule has 0 unspecified atom stereocenters. The number of hydrogen-bond acceptors (Lipinski definition) is 5. The first kappa shape index (κ1) is 13.4. The number of alkyl halides is 1. The number of nitrogens with zero attached hydrogens (tertiary/aromatic N) is 1. The van der Waals surface area contributed by atoms with Gasteiger partial charge in [0.15, 0.2) is 0 Å². The van der Waals surface area contributed by atoms with Crippen LogP contribution in [0.2, 0.25) is 0 Å². The van der Waals surface area contributed by atoms with E-state index in [9.17, 15) is 4.79 Å². The smallest absolute Gasteiger partial charge is 0.367 e. The van der Waals surface area contributed by atoms with Gasteiger partial charge < -0.3 is 14.3 Å². The lowest BCUT2D eigenvalue weighted by Gasteiger charge is -2.07. The van der Waals surface area contributed by atoms with E-state index >= 15 is 0 Å². The molecule has 0 N–H and O–H groups in total. The zero-order chi connectivity index (χ0) is 13.8. The average molecular weight is 282 g/mol. The van der Waals surface area contributed by atoms with Gasteiger partial charge in [0, 0.05) is 11.6 Å². The molecule has 2 rings (SSSR count). The van der Waals surface area contributed by atoms with Crippen LogP contribution in [-0.4, -0.2) is 31.8 Å². The van der Waals surface area contributed by atoms with E-state index in [1.54, 1.807) is 38.5 Å². The molecule has 0 bridgehead atoms. The van der Waals surface area contributed by atoms with E-state index < -0.39 is 5.97 Å². The second-order valence-corrected chi connectivity index (χ2v) is 3.98. The monoisotopic (exact) mass is 281 g/mol. The number of oxime groups is 1. The van der Waals surface area contributed by atoms with Crippen molar-refractivity contribution in [3.8, 4) is 11.5 Å². The highest BCUT2D eigenvalue weighted by Gasteiger charge is 2.25. The largest absolute Gasteiger partial charge is 0.497 e. The molecular formula is C13H12ClNO4. The zero-order valence-corrected chi connectivity index (χ0v) is 11.2. The number of rotatable bonds is 4. The number of methoxy groups -OCH3 is 2. The van der Waals surface area contributed by atoms with Crippen molar-refractivity contribution in [3.63, 3.8) is 0 Å². The number of carbonyl (C=O) groups is 1. The molecule has 1 heterocycles. The van der Waals surface area contributed by atoms with Crippen molar-refractivity contribution in [2.75, 3.05) is 20.1 Å². The van der Waals surface area contributed by atoms with E-state index in [0.29, 0.717) is 22.8 Å². The van der Waals surface area contributed by atoms with Gasteiger partial charge in [-0.1, -0.05) is 5.16 Å². The minimum Gasteiger partial charge on any atom is -0.497 e. The van der Waals surface area contributed by atoms with Gasteiger partial charge >= 0.3 is 5.97 Å². The summed E-state index contributed by atoms with van der Waals surface area (Å²) in [6, 6.07) is 5.28. The van der Waals surface area contributed by atoms with Gasteiger partial charge in [-0.05, 0) is 18.2 Å². The van der Waals surface area contributed by atoms with Crippen molar-refractivity contribution < 1.29 is 19.1 Å². The topological polar surface area (TPSA) is 57.1 Å². The van der Waals surface area contributed by atoms with Gasteiger partial charge in [0.2, 0.25) is 0 Å². The van der Waals surface area contributed by atoms with Crippen molar-refractivity contribution in [3.05, 3.63) is 29.3 Å². The standard InChI is InChI=1S/C13H12ClNO4/c1-17-9-4-3-8(12(6-9)18-2)5-10-11(7-14)15-19-13(10)16/h3-6H,7H2,1-2H3/b10-5+. The van der Waals surface area contributed by atoms with Crippen molar-refractivity contribution in [1.29, 1.82) is 0 Å². The van der Waals surface area contributed by atoms with Gasteiger partial charge in [0.25, 0.3) is 0 Å². The van der Waals surface area contributed by atoms with Gasteiger partial charge in [-0.25, -0.2) is 4.79 Å². The molecule has 100 valence electrons. The summed E-state index contributed by atoms with van der Waals surface area (Å²) in [7, 11) is 3.11. The minimum atomic E-state index is -0.520. The summed E-state index contributed by atoms with van der Waals surface area (Å²) < 4.78 is 10.4. The highest BCUT2D eigenvalue weighted by molar-refractivity contribution is 6.38. The van der Waals surface area contributed by atoms with Gasteiger partial charge in [0.1, 0.15) is 17.2 Å². The fourth-order valence-electron chi connectivity index (χ4n) is 1.64. The van der Waals surface area contributed by atoms with Crippen LogP contribution in [0.5, 0.6) is 11.5 Å². The van der Waals surface area contributed by atoms with E-state index in [4.69, 9.17) is 21.1 Å². The van der Waals surface area contributed by atoms with Crippen LogP contribution < -0.4 is 9.47 Å². The van der Waals surface area contributed by atoms with Crippen LogP contribution in [0.15, 0.2) is 28.9 Å². The van der Waals surface area contributed by atoms with Crippen LogP contribution in [0, 0.1) is 0 Å². The van der Waals surface area contributed by atoms with E-state index in [2.05, 4.69) is 9.99 Å². The zero-order valence-electron chi connectivity index (χ0n) is 10.5. The van der Waals surface area contributed by atoms with Crippen molar-refractivity contribution in [2.45, 2.75) is 0 Å². The summed E-state index contributed by atoms with van der Waals surface area (Å²) in [5.74, 6) is 0.837. The molecule has 0 atom stereocenters. The number of carbonyl (C=O) groups excluding carboxylic acids is 1. The first-order valence-corrected chi connectivity index (χ1v) is 6.01. The summed E-state index contributed by atoms with van der Waals surface area (Å²) in [5, 5.41) is 3.60. The quantitative estimate of drug-likeness (QED) is 0.482. The number of ether oxygens (including phenoxy) is 2. The third-order valence-electron chi connectivity index (χ3n) is 2.64. The fourth-order valence-corrected chi connectivity index (χ4v) is 1.84. The third kappa shape index (κ3) is 2.71. The Hall–Kier alpha value is -2.01. The summed E-state index contributed by atoms with van der Waals surface area (Å²) in [6.07, 6.45) is 1.63. The van der Waals surface area contributed by atoms with E-state index in [1.165, 1.54) is 0 Å². The predicted molar refractivity (Wildman–Crippen MR) is 71.8 cm³/mol. The lowest BCUT2D eigenvalue weighted by Crippen LogP contribution is -2.06. The maximum absolute atomic E-state index is 11.5. The molecule has 19 heavy (non-hydrogen) atoms. The second-order valence-electron chi connectivity index (χ2n) is 3.72. The predicted octanol–water partition coefficient (Wildman–Crippen LogP) is 2.24. The minimum absolute atomic E-state index is 0.107. The van der Waals surface area contributed by atoms with Crippen LogP contribution in [-0.2, 0) is 9.63 Å². The Bertz CT molecular complexity index is 566. The Balaban J connectivity index is 2.42. The first-order chi connectivity index (χ1) is 9.19. The molecule has 0 amide bonds. The van der Waals surface area contributed by atoms with Gasteiger partial charge in [-0.15, -0.1) is 11.6 Å². The molecule has 1 aromatic carbocycles. The van der Waals surface area contributed by atoms with Crippen molar-refractivity contribution in [1.82, 2.24) is 0 Å². The molecule has 6 heteroatoms. The lowest BCUT2D eigenvalue weighted by atomic mass is 10.1. The van der Waals surface area contributed by atoms with Gasteiger partial charge in [-0.3, -0.25) is 0 Å². The van der Waals surface area contributed by atoms with Crippen LogP contribution in [0.3, 0.4) is 0 Å². The fraction of sp³-hybridized carbons (Fsp3) is 0.231. The Morgan fingerprint density at radius 3 is 2.79 bits per heavy atom. The van der Waals surface area contributed by atoms with Crippen LogP contribution >= 0.6 is 11.6 Å². The molecule has 0 radical (unpaired) electrons. The van der Waals surface area contributed by atoms with Crippen LogP contribution in [0.1, 0.15) is 5.56 Å². The Labute approximate surface area is 115 Å². The molecule has 0 saturated carbocycles. The molecule has 0 aliphatic carbocycles. The highest BCUT2D eigenvalue weighted by atomic mass is 35.5. The maximum atomic E-state index is 11.5. The number of benzene rings is 1. The number of halogens is 1. The molecule has 1 aliphatic rings. The Morgan fingerprint density at radius 2 is 2.16 bits per heavy atom. The van der Waals surface area contributed by atoms with E-state index in [0.717, 1.165) is 5.56 Å². The van der Waals surface area contributed by atoms with E-state index in [-0.39, 0.29) is 5.88 Å². The van der Waals surface area contributed by atoms with E-state index in [1.807, 2.05) is 0 Å². The summed E-state index contributed by atoms with van der Waals surface area (Å²) >= 11 is 5.70. The molecule has 0 spiro atoms. The Kier molecular flexibility index (Phi) is 4.06. The first-order valence-electron chi connectivity index (χ1n) is 5.48. The van der Waals surface area contributed by atoms with Crippen LogP contribution in [0.4, 0.5) is 0 Å². The maximum Gasteiger partial charge on any atom is 0.367 e. The summed E-state index contributed by atoms with van der Waals surface area (Å²) in [5.41, 5.74) is 1.46. The van der Waals surface area contributed by atoms with Crippen LogP contribution in [0.25, 0.3) is 6.08 Å². The SMILES string of the molecule is COc1ccc(/C=C2/C(=O)ON=C2CCl)c(OC)c1. The normalized spacial score (nSPS) is 16.3. The van der Waals surface area contributed by atoms with Gasteiger partial charge in [0.05, 0.1) is 25.7 Å². The summed E-state index contributed by atoms with van der Waals surface area (Å²) in [6.45, 7) is 0. The molecule has 5 nitrogen and oxygen atoms in total. The molecule has 1 aromatic rings. The molecule has 1 aliphatic heterocycles. The molecular weight excluding hydrogens is 270 g/mol. The molecule has 0 saturated heterocycles. The van der Waals surface area contributed by atoms with Gasteiger partial charge in [-0.2, -0.15) is 0 Å². The van der Waals surface area contributed by atoms with Crippen molar-refractivity contribution in [2.24, 2.45) is 5.16 Å². The molecule has 0 aromatic heterocycles. The second kappa shape index (κ2) is 5.75. The lowest BCUT2D eigenvalue weighted by molar-refractivity contribution is -0.136.